The molecular weight excluding hydrogens is 431 g/mol. The van der Waals surface area contributed by atoms with E-state index in [9.17, 15) is 9.18 Å². The van der Waals surface area contributed by atoms with Gasteiger partial charge in [-0.05, 0) is 54.8 Å². The lowest BCUT2D eigenvalue weighted by Gasteiger charge is -2.16. The van der Waals surface area contributed by atoms with E-state index in [1.54, 1.807) is 12.1 Å². The van der Waals surface area contributed by atoms with Crippen LogP contribution in [0.15, 0.2) is 85.1 Å². The number of hydrogen-bond acceptors (Lipinski definition) is 4. The molecule has 1 aromatic heterocycles. The van der Waals surface area contributed by atoms with Crippen molar-refractivity contribution in [3.05, 3.63) is 96.4 Å². The van der Waals surface area contributed by atoms with E-state index in [4.69, 9.17) is 4.74 Å². The Morgan fingerprint density at radius 2 is 1.82 bits per heavy atom. The fourth-order valence-electron chi connectivity index (χ4n) is 4.19. The minimum Gasteiger partial charge on any atom is -0.457 e. The van der Waals surface area contributed by atoms with Crippen LogP contribution in [0.1, 0.15) is 24.4 Å². The van der Waals surface area contributed by atoms with Gasteiger partial charge in [-0.3, -0.25) is 4.79 Å². The molecule has 0 radical (unpaired) electrons. The van der Waals surface area contributed by atoms with Crippen molar-refractivity contribution < 1.29 is 13.9 Å². The summed E-state index contributed by atoms with van der Waals surface area (Å²) in [6.45, 7) is 1.36. The van der Waals surface area contributed by atoms with Gasteiger partial charge in [0.1, 0.15) is 23.0 Å². The maximum Gasteiger partial charge on any atom is 0.222 e. The van der Waals surface area contributed by atoms with E-state index < -0.39 is 0 Å². The highest BCUT2D eigenvalue weighted by molar-refractivity contribution is 5.76. The lowest BCUT2D eigenvalue weighted by molar-refractivity contribution is -0.130. The standard InChI is InChI=1S/C27H25FN4O2/c28-22-10-12-24(13-11-22)34-25-8-4-5-20(17-25)9-14-27(33)31-16-15-23(18-31)32-19-26(29-30-32)21-6-2-1-3-7-21/h1-8,10-13,17,19,23H,9,14-16,18H2. The molecule has 1 fully saturated rings. The summed E-state index contributed by atoms with van der Waals surface area (Å²) in [7, 11) is 0. The van der Waals surface area contributed by atoms with Crippen LogP contribution in [-0.2, 0) is 11.2 Å². The van der Waals surface area contributed by atoms with Crippen LogP contribution < -0.4 is 4.74 Å². The van der Waals surface area contributed by atoms with Crippen molar-refractivity contribution >= 4 is 5.91 Å². The van der Waals surface area contributed by atoms with E-state index in [2.05, 4.69) is 10.3 Å². The maximum atomic E-state index is 13.1. The van der Waals surface area contributed by atoms with Gasteiger partial charge in [-0.15, -0.1) is 5.10 Å². The largest absolute Gasteiger partial charge is 0.457 e. The molecule has 0 bridgehead atoms. The third-order valence-electron chi connectivity index (χ3n) is 6.05. The summed E-state index contributed by atoms with van der Waals surface area (Å²) in [5.74, 6) is 1.07. The van der Waals surface area contributed by atoms with E-state index in [-0.39, 0.29) is 17.8 Å². The van der Waals surface area contributed by atoms with Gasteiger partial charge in [0.05, 0.1) is 12.2 Å². The average molecular weight is 457 g/mol. The topological polar surface area (TPSA) is 60.2 Å². The average Bonchev–Trinajstić information content (AvgIpc) is 3.55. The summed E-state index contributed by atoms with van der Waals surface area (Å²) in [6.07, 6.45) is 3.88. The maximum absolute atomic E-state index is 13.1. The third-order valence-corrected chi connectivity index (χ3v) is 6.05. The van der Waals surface area contributed by atoms with Crippen LogP contribution in [0.2, 0.25) is 0 Å². The highest BCUT2D eigenvalue weighted by Gasteiger charge is 2.28. The number of benzene rings is 3. The molecule has 0 spiro atoms. The highest BCUT2D eigenvalue weighted by Crippen LogP contribution is 2.25. The first kappa shape index (κ1) is 21.8. The Bertz CT molecular complexity index is 1260. The van der Waals surface area contributed by atoms with Crippen LogP contribution in [0, 0.1) is 5.82 Å². The molecule has 1 unspecified atom stereocenters. The summed E-state index contributed by atoms with van der Waals surface area (Å²) in [4.78, 5) is 14.8. The highest BCUT2D eigenvalue weighted by atomic mass is 19.1. The van der Waals surface area contributed by atoms with E-state index >= 15 is 0 Å². The fourth-order valence-corrected chi connectivity index (χ4v) is 4.19. The number of ether oxygens (including phenoxy) is 1. The zero-order chi connectivity index (χ0) is 23.3. The molecule has 172 valence electrons. The molecule has 7 heteroatoms. The van der Waals surface area contributed by atoms with E-state index in [0.29, 0.717) is 30.9 Å². The molecule has 1 amide bonds. The summed E-state index contributed by atoms with van der Waals surface area (Å²) in [5, 5.41) is 8.60. The monoisotopic (exact) mass is 456 g/mol. The SMILES string of the molecule is O=C(CCc1cccc(Oc2ccc(F)cc2)c1)N1CCC(n2cc(-c3ccccc3)nn2)C1. The van der Waals surface area contributed by atoms with Crippen LogP contribution in [0.4, 0.5) is 4.39 Å². The van der Waals surface area contributed by atoms with Crippen molar-refractivity contribution in [3.8, 4) is 22.8 Å². The minimum absolute atomic E-state index is 0.135. The molecule has 0 saturated carbocycles. The molecule has 1 atom stereocenters. The van der Waals surface area contributed by atoms with Gasteiger partial charge in [-0.1, -0.05) is 47.7 Å². The van der Waals surface area contributed by atoms with Crippen molar-refractivity contribution in [1.29, 1.82) is 0 Å². The normalized spacial score (nSPS) is 15.4. The summed E-state index contributed by atoms with van der Waals surface area (Å²) in [5.41, 5.74) is 2.89. The summed E-state index contributed by atoms with van der Waals surface area (Å²) in [6, 6.07) is 23.7. The molecule has 0 N–H and O–H groups in total. The molecule has 1 saturated heterocycles. The van der Waals surface area contributed by atoms with Crippen molar-refractivity contribution in [2.45, 2.75) is 25.3 Å². The Morgan fingerprint density at radius 1 is 1.00 bits per heavy atom. The number of carbonyl (C=O) groups is 1. The molecule has 6 nitrogen and oxygen atoms in total. The fraction of sp³-hybridized carbons (Fsp3) is 0.222. The van der Waals surface area contributed by atoms with Gasteiger partial charge < -0.3 is 9.64 Å². The van der Waals surface area contributed by atoms with Gasteiger partial charge in [0.25, 0.3) is 0 Å². The van der Waals surface area contributed by atoms with Crippen molar-refractivity contribution in [2.24, 2.45) is 0 Å². The Hall–Kier alpha value is -4.00. The van der Waals surface area contributed by atoms with Crippen LogP contribution in [-0.4, -0.2) is 38.9 Å². The first-order chi connectivity index (χ1) is 16.6. The lowest BCUT2D eigenvalue weighted by atomic mass is 10.1. The Labute approximate surface area is 197 Å². The van der Waals surface area contributed by atoms with E-state index in [1.807, 2.05) is 70.4 Å². The summed E-state index contributed by atoms with van der Waals surface area (Å²) >= 11 is 0. The third kappa shape index (κ3) is 5.14. The molecule has 2 heterocycles. The van der Waals surface area contributed by atoms with Crippen molar-refractivity contribution in [1.82, 2.24) is 19.9 Å². The number of aryl methyl sites for hydroxylation is 1. The number of likely N-dealkylation sites (tertiary alicyclic amines) is 1. The number of hydrogen-bond donors (Lipinski definition) is 0. The lowest BCUT2D eigenvalue weighted by Crippen LogP contribution is -2.29. The zero-order valence-corrected chi connectivity index (χ0v) is 18.7. The van der Waals surface area contributed by atoms with E-state index in [1.165, 1.54) is 12.1 Å². The first-order valence-electron chi connectivity index (χ1n) is 11.4. The molecule has 0 aliphatic carbocycles. The van der Waals surface area contributed by atoms with Crippen molar-refractivity contribution in [3.63, 3.8) is 0 Å². The predicted molar refractivity (Wildman–Crippen MR) is 127 cm³/mol. The van der Waals surface area contributed by atoms with Gasteiger partial charge in [0, 0.05) is 25.1 Å². The molecule has 1 aliphatic rings. The Morgan fingerprint density at radius 3 is 2.65 bits per heavy atom. The molecule has 5 rings (SSSR count). The number of nitrogens with zero attached hydrogens (tertiary/aromatic N) is 4. The second kappa shape index (κ2) is 9.87. The number of rotatable bonds is 7. The van der Waals surface area contributed by atoms with Crippen LogP contribution in [0.25, 0.3) is 11.3 Å². The van der Waals surface area contributed by atoms with Gasteiger partial charge in [0.15, 0.2) is 0 Å². The molecular formula is C27H25FN4O2. The van der Waals surface area contributed by atoms with Gasteiger partial charge in [-0.25, -0.2) is 9.07 Å². The predicted octanol–water partition coefficient (Wildman–Crippen LogP) is 5.28. The van der Waals surface area contributed by atoms with Crippen LogP contribution in [0.3, 0.4) is 0 Å². The summed E-state index contributed by atoms with van der Waals surface area (Å²) < 4.78 is 20.8. The van der Waals surface area contributed by atoms with Gasteiger partial charge >= 0.3 is 0 Å². The van der Waals surface area contributed by atoms with Crippen LogP contribution in [0.5, 0.6) is 11.5 Å². The van der Waals surface area contributed by atoms with Crippen molar-refractivity contribution in [2.75, 3.05) is 13.1 Å². The first-order valence-corrected chi connectivity index (χ1v) is 11.4. The smallest absolute Gasteiger partial charge is 0.222 e. The molecule has 34 heavy (non-hydrogen) atoms. The van der Waals surface area contributed by atoms with Crippen LogP contribution >= 0.6 is 0 Å². The molecule has 1 aliphatic heterocycles. The zero-order valence-electron chi connectivity index (χ0n) is 18.7. The second-order valence-corrected chi connectivity index (χ2v) is 8.44. The van der Waals surface area contributed by atoms with Gasteiger partial charge in [0.2, 0.25) is 5.91 Å². The number of carbonyl (C=O) groups excluding carboxylic acids is 1. The number of halogens is 1. The second-order valence-electron chi connectivity index (χ2n) is 8.44. The molecule has 4 aromatic rings. The number of amides is 1. The van der Waals surface area contributed by atoms with Gasteiger partial charge in [-0.2, -0.15) is 0 Å². The minimum atomic E-state index is -0.302. The Kier molecular flexibility index (Phi) is 6.33. The molecule has 3 aromatic carbocycles. The Balaban J connectivity index is 1.15. The van der Waals surface area contributed by atoms with E-state index in [0.717, 1.165) is 29.8 Å². The quantitative estimate of drug-likeness (QED) is 0.380. The number of aromatic nitrogens is 3.